The number of amides is 1. The number of hydrogen-bond acceptors (Lipinski definition) is 4. The van der Waals surface area contributed by atoms with E-state index in [1.807, 2.05) is 0 Å². The summed E-state index contributed by atoms with van der Waals surface area (Å²) in [6, 6.07) is 4.96. The molecule has 5 nitrogen and oxygen atoms in total. The van der Waals surface area contributed by atoms with Gasteiger partial charge in [-0.3, -0.25) is 14.2 Å². The van der Waals surface area contributed by atoms with Gasteiger partial charge < -0.3 is 10.1 Å². The van der Waals surface area contributed by atoms with Crippen molar-refractivity contribution in [2.45, 2.75) is 13.5 Å². The van der Waals surface area contributed by atoms with Crippen LogP contribution in [0.15, 0.2) is 28.4 Å². The summed E-state index contributed by atoms with van der Waals surface area (Å²) in [4.78, 5) is 23.3. The topological polar surface area (TPSA) is 60.3 Å². The quantitative estimate of drug-likeness (QED) is 0.943. The largest absolute Gasteiger partial charge is 0.497 e. The smallest absolute Gasteiger partial charge is 0.307 e. The first-order valence-electron chi connectivity index (χ1n) is 5.79. The number of carbonyl (C=O) groups is 1. The summed E-state index contributed by atoms with van der Waals surface area (Å²) >= 11 is 7.11. The van der Waals surface area contributed by atoms with E-state index in [4.69, 9.17) is 16.3 Å². The molecular weight excluding hydrogens is 300 g/mol. The summed E-state index contributed by atoms with van der Waals surface area (Å²) in [6.07, 6.45) is 0. The minimum Gasteiger partial charge on any atom is -0.497 e. The molecule has 0 saturated carbocycles. The Hall–Kier alpha value is -1.79. The number of hydrogen-bond donors (Lipinski definition) is 1. The second-order valence-corrected chi connectivity index (χ2v) is 5.35. The van der Waals surface area contributed by atoms with Crippen LogP contribution in [0.1, 0.15) is 5.69 Å². The molecule has 7 heteroatoms. The van der Waals surface area contributed by atoms with E-state index in [2.05, 4.69) is 5.32 Å². The molecule has 0 spiro atoms. The number of aromatic nitrogens is 1. The van der Waals surface area contributed by atoms with Crippen molar-refractivity contribution in [3.63, 3.8) is 0 Å². The fraction of sp³-hybridized carbons (Fsp3) is 0.231. The zero-order chi connectivity index (χ0) is 14.7. The van der Waals surface area contributed by atoms with Crippen LogP contribution in [-0.2, 0) is 11.3 Å². The Bertz CT molecular complexity index is 693. The molecule has 0 aliphatic heterocycles. The molecule has 1 aromatic heterocycles. The highest BCUT2D eigenvalue weighted by atomic mass is 35.5. The number of nitrogens with zero attached hydrogens (tertiary/aromatic N) is 1. The van der Waals surface area contributed by atoms with Gasteiger partial charge in [0, 0.05) is 17.1 Å². The summed E-state index contributed by atoms with van der Waals surface area (Å²) in [7, 11) is 1.54. The maximum Gasteiger partial charge on any atom is 0.307 e. The lowest BCUT2D eigenvalue weighted by Crippen LogP contribution is -2.25. The van der Waals surface area contributed by atoms with Crippen molar-refractivity contribution >= 4 is 34.5 Å². The number of benzene rings is 1. The van der Waals surface area contributed by atoms with E-state index in [0.29, 0.717) is 16.5 Å². The molecule has 0 aliphatic carbocycles. The van der Waals surface area contributed by atoms with Crippen molar-refractivity contribution in [1.29, 1.82) is 0 Å². The third-order valence-corrected chi connectivity index (χ3v) is 3.92. The van der Waals surface area contributed by atoms with Crippen LogP contribution in [0.25, 0.3) is 0 Å². The molecular formula is C13H13ClN2O3S. The van der Waals surface area contributed by atoms with E-state index < -0.39 is 0 Å². The highest BCUT2D eigenvalue weighted by molar-refractivity contribution is 7.07. The molecule has 1 heterocycles. The molecule has 1 aromatic carbocycles. The Labute approximate surface area is 124 Å². The van der Waals surface area contributed by atoms with Gasteiger partial charge in [-0.05, 0) is 19.1 Å². The van der Waals surface area contributed by atoms with E-state index in [1.54, 1.807) is 30.5 Å². The van der Waals surface area contributed by atoms with Gasteiger partial charge in [-0.15, -0.1) is 0 Å². The molecule has 0 atom stereocenters. The molecule has 0 radical (unpaired) electrons. The van der Waals surface area contributed by atoms with Crippen LogP contribution in [0.3, 0.4) is 0 Å². The SMILES string of the molecule is COc1ccc(NC(=O)Cn2c(C)csc2=O)c(Cl)c1. The average molecular weight is 313 g/mol. The monoisotopic (exact) mass is 312 g/mol. The van der Waals surface area contributed by atoms with E-state index >= 15 is 0 Å². The molecule has 0 bridgehead atoms. The second-order valence-electron chi connectivity index (χ2n) is 4.12. The van der Waals surface area contributed by atoms with Crippen LogP contribution in [-0.4, -0.2) is 17.6 Å². The summed E-state index contributed by atoms with van der Waals surface area (Å²) in [5, 5.41) is 4.77. The molecule has 1 amide bonds. The summed E-state index contributed by atoms with van der Waals surface area (Å²) in [5.41, 5.74) is 1.24. The number of rotatable bonds is 4. The Morgan fingerprint density at radius 2 is 2.25 bits per heavy atom. The van der Waals surface area contributed by atoms with E-state index in [9.17, 15) is 9.59 Å². The summed E-state index contributed by atoms with van der Waals surface area (Å²) in [6.45, 7) is 1.75. The van der Waals surface area contributed by atoms with Gasteiger partial charge in [-0.25, -0.2) is 0 Å². The van der Waals surface area contributed by atoms with Gasteiger partial charge in [-0.1, -0.05) is 22.9 Å². The van der Waals surface area contributed by atoms with E-state index in [-0.39, 0.29) is 17.3 Å². The number of halogens is 1. The van der Waals surface area contributed by atoms with Crippen LogP contribution in [0.4, 0.5) is 5.69 Å². The second kappa shape index (κ2) is 6.11. The third-order valence-electron chi connectivity index (χ3n) is 2.73. The van der Waals surface area contributed by atoms with Crippen molar-refractivity contribution in [1.82, 2.24) is 4.57 Å². The van der Waals surface area contributed by atoms with Crippen LogP contribution in [0.2, 0.25) is 5.02 Å². The zero-order valence-electron chi connectivity index (χ0n) is 11.0. The highest BCUT2D eigenvalue weighted by Crippen LogP contribution is 2.26. The van der Waals surface area contributed by atoms with Crippen LogP contribution in [0.5, 0.6) is 5.75 Å². The molecule has 2 aromatic rings. The maximum atomic E-state index is 11.9. The first kappa shape index (κ1) is 14.6. The van der Waals surface area contributed by atoms with Gasteiger partial charge in [-0.2, -0.15) is 0 Å². The number of methoxy groups -OCH3 is 1. The fourth-order valence-electron chi connectivity index (χ4n) is 1.65. The molecule has 1 N–H and O–H groups in total. The van der Waals surface area contributed by atoms with Crippen LogP contribution in [0, 0.1) is 6.92 Å². The number of anilines is 1. The van der Waals surface area contributed by atoms with Gasteiger partial charge in [0.1, 0.15) is 12.3 Å². The van der Waals surface area contributed by atoms with Gasteiger partial charge in [0.15, 0.2) is 0 Å². The minimum atomic E-state index is -0.305. The highest BCUT2D eigenvalue weighted by Gasteiger charge is 2.10. The van der Waals surface area contributed by atoms with Crippen molar-refractivity contribution < 1.29 is 9.53 Å². The Morgan fingerprint density at radius 1 is 1.50 bits per heavy atom. The lowest BCUT2D eigenvalue weighted by Gasteiger charge is -2.09. The first-order valence-corrected chi connectivity index (χ1v) is 7.05. The molecule has 106 valence electrons. The maximum absolute atomic E-state index is 11.9. The number of ether oxygens (including phenoxy) is 1. The normalized spacial score (nSPS) is 10.3. The van der Waals surface area contributed by atoms with Crippen molar-refractivity contribution in [3.8, 4) is 5.75 Å². The Balaban J connectivity index is 2.11. The summed E-state index contributed by atoms with van der Waals surface area (Å²) in [5.74, 6) is 0.304. The van der Waals surface area contributed by atoms with E-state index in [1.165, 1.54) is 11.7 Å². The molecule has 0 saturated heterocycles. The van der Waals surface area contributed by atoms with Crippen LogP contribution < -0.4 is 14.9 Å². The van der Waals surface area contributed by atoms with Gasteiger partial charge in [0.25, 0.3) is 0 Å². The van der Waals surface area contributed by atoms with Crippen molar-refractivity contribution in [2.24, 2.45) is 0 Å². The lowest BCUT2D eigenvalue weighted by atomic mass is 10.3. The van der Waals surface area contributed by atoms with E-state index in [0.717, 1.165) is 17.0 Å². The molecule has 2 rings (SSSR count). The average Bonchev–Trinajstić information content (AvgIpc) is 2.73. The van der Waals surface area contributed by atoms with Gasteiger partial charge >= 0.3 is 4.87 Å². The predicted molar refractivity (Wildman–Crippen MR) is 79.9 cm³/mol. The molecule has 0 unspecified atom stereocenters. The van der Waals surface area contributed by atoms with Crippen LogP contribution >= 0.6 is 22.9 Å². The zero-order valence-corrected chi connectivity index (χ0v) is 12.5. The number of aryl methyl sites for hydroxylation is 1. The van der Waals surface area contributed by atoms with Crippen molar-refractivity contribution in [2.75, 3.05) is 12.4 Å². The summed E-state index contributed by atoms with van der Waals surface area (Å²) < 4.78 is 6.44. The van der Waals surface area contributed by atoms with Crippen molar-refractivity contribution in [3.05, 3.63) is 44.0 Å². The number of thiazole rings is 1. The Kier molecular flexibility index (Phi) is 4.46. The molecule has 20 heavy (non-hydrogen) atoms. The fourth-order valence-corrected chi connectivity index (χ4v) is 2.61. The first-order chi connectivity index (χ1) is 9.51. The predicted octanol–water partition coefficient (Wildman–Crippen LogP) is 2.52. The minimum absolute atomic E-state index is 0.0312. The van der Waals surface area contributed by atoms with Gasteiger partial charge in [0.2, 0.25) is 5.91 Å². The molecule has 0 fully saturated rings. The Morgan fingerprint density at radius 3 is 2.80 bits per heavy atom. The lowest BCUT2D eigenvalue weighted by molar-refractivity contribution is -0.116. The standard InChI is InChI=1S/C13H13ClN2O3S/c1-8-7-20-13(18)16(8)6-12(17)15-11-4-3-9(19-2)5-10(11)14/h3-5,7H,6H2,1-2H3,(H,15,17). The third kappa shape index (κ3) is 3.20. The number of nitrogens with one attached hydrogen (secondary N) is 1. The molecule has 0 aliphatic rings. The number of carbonyl (C=O) groups excluding carboxylic acids is 1. The van der Waals surface area contributed by atoms with Gasteiger partial charge in [0.05, 0.1) is 17.8 Å².